The molecule has 0 aromatic heterocycles. The van der Waals surface area contributed by atoms with Gasteiger partial charge in [-0.2, -0.15) is 0 Å². The van der Waals surface area contributed by atoms with Crippen LogP contribution in [-0.2, 0) is 4.74 Å². The van der Waals surface area contributed by atoms with Gasteiger partial charge >= 0.3 is 0 Å². The smallest absolute Gasteiger partial charge is 0.0680 e. The Balaban J connectivity index is 2.69. The second-order valence-corrected chi connectivity index (χ2v) is 4.75. The molecule has 13 heavy (non-hydrogen) atoms. The van der Waals surface area contributed by atoms with E-state index in [2.05, 4.69) is 27.7 Å². The Morgan fingerprint density at radius 1 is 1.46 bits per heavy atom. The van der Waals surface area contributed by atoms with E-state index in [1.54, 1.807) is 0 Å². The van der Waals surface area contributed by atoms with Crippen molar-refractivity contribution in [3.8, 4) is 0 Å². The van der Waals surface area contributed by atoms with Crippen LogP contribution in [0.25, 0.3) is 0 Å². The molecule has 0 spiro atoms. The van der Waals surface area contributed by atoms with Gasteiger partial charge in [0, 0.05) is 5.41 Å². The van der Waals surface area contributed by atoms with Gasteiger partial charge in [0.25, 0.3) is 0 Å². The molecule has 0 amide bonds. The normalized spacial score (nSPS) is 39.0. The van der Waals surface area contributed by atoms with Gasteiger partial charge in [0.05, 0.1) is 18.8 Å². The third-order valence-corrected chi connectivity index (χ3v) is 3.46. The molecular formula is C11H22O2. The Bertz CT molecular complexity index is 163. The van der Waals surface area contributed by atoms with Crippen LogP contribution in [0.1, 0.15) is 40.5 Å². The Morgan fingerprint density at radius 2 is 2.08 bits per heavy atom. The lowest BCUT2D eigenvalue weighted by atomic mass is 9.77. The monoisotopic (exact) mass is 186 g/mol. The molecular weight excluding hydrogens is 164 g/mol. The molecule has 0 bridgehead atoms. The van der Waals surface area contributed by atoms with Gasteiger partial charge in [0.1, 0.15) is 0 Å². The second kappa shape index (κ2) is 3.97. The van der Waals surface area contributed by atoms with Crippen LogP contribution >= 0.6 is 0 Å². The van der Waals surface area contributed by atoms with E-state index in [0.717, 1.165) is 12.8 Å². The molecule has 0 aromatic rings. The number of rotatable bonds is 3. The van der Waals surface area contributed by atoms with Gasteiger partial charge in [-0.1, -0.05) is 20.8 Å². The Morgan fingerprint density at radius 3 is 2.38 bits per heavy atom. The van der Waals surface area contributed by atoms with Crippen molar-refractivity contribution in [1.82, 2.24) is 0 Å². The van der Waals surface area contributed by atoms with E-state index in [4.69, 9.17) is 4.74 Å². The van der Waals surface area contributed by atoms with Crippen LogP contribution in [-0.4, -0.2) is 23.9 Å². The first kappa shape index (κ1) is 11.0. The summed E-state index contributed by atoms with van der Waals surface area (Å²) >= 11 is 0. The summed E-state index contributed by atoms with van der Waals surface area (Å²) in [7, 11) is 0. The minimum atomic E-state index is -0.0514. The fraction of sp³-hybridized carbons (Fsp3) is 1.00. The van der Waals surface area contributed by atoms with Crippen LogP contribution in [0.15, 0.2) is 0 Å². The van der Waals surface area contributed by atoms with Crippen molar-refractivity contribution < 1.29 is 9.84 Å². The van der Waals surface area contributed by atoms with Crippen molar-refractivity contribution in [3.05, 3.63) is 0 Å². The van der Waals surface area contributed by atoms with Gasteiger partial charge in [0.2, 0.25) is 0 Å². The summed E-state index contributed by atoms with van der Waals surface area (Å²) in [5, 5.41) is 9.37. The fourth-order valence-electron chi connectivity index (χ4n) is 2.34. The summed E-state index contributed by atoms with van der Waals surface area (Å²) in [5.41, 5.74) is -0.0514. The summed E-state index contributed by atoms with van der Waals surface area (Å²) in [6, 6.07) is 0. The lowest BCUT2D eigenvalue weighted by molar-refractivity contribution is -0.0621. The van der Waals surface area contributed by atoms with Gasteiger partial charge in [-0.05, 0) is 25.7 Å². The molecule has 0 aliphatic carbocycles. The largest absolute Gasteiger partial charge is 0.396 e. The summed E-state index contributed by atoms with van der Waals surface area (Å²) in [4.78, 5) is 0. The van der Waals surface area contributed by atoms with Crippen molar-refractivity contribution in [2.24, 2.45) is 11.3 Å². The number of ether oxygens (including phenoxy) is 1. The quantitative estimate of drug-likeness (QED) is 0.732. The van der Waals surface area contributed by atoms with E-state index in [1.165, 1.54) is 0 Å². The summed E-state index contributed by atoms with van der Waals surface area (Å²) in [6.07, 6.45) is 2.70. The van der Waals surface area contributed by atoms with E-state index >= 15 is 0 Å². The number of aliphatic hydroxyl groups is 1. The molecule has 1 aliphatic rings. The predicted molar refractivity (Wildman–Crippen MR) is 53.6 cm³/mol. The van der Waals surface area contributed by atoms with E-state index in [-0.39, 0.29) is 18.1 Å². The predicted octanol–water partition coefficient (Wildman–Crippen LogP) is 2.21. The Kier molecular flexibility index (Phi) is 3.36. The van der Waals surface area contributed by atoms with E-state index in [1.807, 2.05) is 0 Å². The van der Waals surface area contributed by atoms with Crippen LogP contribution in [0.3, 0.4) is 0 Å². The highest BCUT2D eigenvalue weighted by molar-refractivity contribution is 4.90. The molecule has 1 saturated heterocycles. The molecule has 1 aliphatic heterocycles. The van der Waals surface area contributed by atoms with Crippen LogP contribution in [0, 0.1) is 11.3 Å². The summed E-state index contributed by atoms with van der Waals surface area (Å²) in [5.74, 6) is 0.576. The molecule has 2 nitrogen and oxygen atoms in total. The minimum absolute atomic E-state index is 0.0514. The van der Waals surface area contributed by atoms with Gasteiger partial charge in [-0.3, -0.25) is 0 Å². The zero-order chi connectivity index (χ0) is 10.1. The fourth-order valence-corrected chi connectivity index (χ4v) is 2.34. The zero-order valence-electron chi connectivity index (χ0n) is 9.21. The molecule has 1 N–H and O–H groups in total. The number of hydrogen-bond donors (Lipinski definition) is 1. The van der Waals surface area contributed by atoms with Crippen molar-refractivity contribution >= 4 is 0 Å². The summed E-state index contributed by atoms with van der Waals surface area (Å²) in [6.45, 7) is 8.80. The molecule has 1 rings (SSSR count). The molecule has 0 aromatic carbocycles. The van der Waals surface area contributed by atoms with Crippen LogP contribution in [0.2, 0.25) is 0 Å². The van der Waals surface area contributed by atoms with E-state index in [0.29, 0.717) is 12.0 Å². The highest BCUT2D eigenvalue weighted by atomic mass is 16.5. The molecule has 2 heteroatoms. The SMILES string of the molecule is CCC(C)(CO)C1OC(C)CC1C. The van der Waals surface area contributed by atoms with Gasteiger partial charge in [-0.15, -0.1) is 0 Å². The third-order valence-electron chi connectivity index (χ3n) is 3.46. The molecule has 78 valence electrons. The topological polar surface area (TPSA) is 29.5 Å². The van der Waals surface area contributed by atoms with Crippen LogP contribution < -0.4 is 0 Å². The van der Waals surface area contributed by atoms with Crippen molar-refractivity contribution in [2.75, 3.05) is 6.61 Å². The third kappa shape index (κ3) is 2.05. The van der Waals surface area contributed by atoms with Gasteiger partial charge in [-0.25, -0.2) is 0 Å². The Labute approximate surface area is 81.3 Å². The second-order valence-electron chi connectivity index (χ2n) is 4.75. The minimum Gasteiger partial charge on any atom is -0.396 e. The first-order chi connectivity index (χ1) is 6.03. The standard InChI is InChI=1S/C11H22O2/c1-5-11(4,7-12)10-8(2)6-9(3)13-10/h8-10,12H,5-7H2,1-4H3. The molecule has 1 fully saturated rings. The zero-order valence-corrected chi connectivity index (χ0v) is 9.21. The molecule has 1 heterocycles. The molecule has 0 radical (unpaired) electrons. The molecule has 0 saturated carbocycles. The van der Waals surface area contributed by atoms with Gasteiger partial charge < -0.3 is 9.84 Å². The average molecular weight is 186 g/mol. The maximum absolute atomic E-state index is 9.37. The first-order valence-corrected chi connectivity index (χ1v) is 5.30. The lowest BCUT2D eigenvalue weighted by Gasteiger charge is -2.34. The first-order valence-electron chi connectivity index (χ1n) is 5.30. The van der Waals surface area contributed by atoms with Gasteiger partial charge in [0.15, 0.2) is 0 Å². The molecule has 4 unspecified atom stereocenters. The maximum Gasteiger partial charge on any atom is 0.0680 e. The van der Waals surface area contributed by atoms with Crippen LogP contribution in [0.4, 0.5) is 0 Å². The maximum atomic E-state index is 9.37. The van der Waals surface area contributed by atoms with Crippen LogP contribution in [0.5, 0.6) is 0 Å². The highest BCUT2D eigenvalue weighted by Crippen LogP contribution is 2.39. The van der Waals surface area contributed by atoms with Crippen molar-refractivity contribution in [2.45, 2.75) is 52.7 Å². The van der Waals surface area contributed by atoms with E-state index in [9.17, 15) is 5.11 Å². The van der Waals surface area contributed by atoms with Crippen molar-refractivity contribution in [3.63, 3.8) is 0 Å². The molecule has 4 atom stereocenters. The number of aliphatic hydroxyl groups excluding tert-OH is 1. The lowest BCUT2D eigenvalue weighted by Crippen LogP contribution is -2.38. The highest BCUT2D eigenvalue weighted by Gasteiger charge is 2.41. The number of hydrogen-bond acceptors (Lipinski definition) is 2. The Hall–Kier alpha value is -0.0800. The average Bonchev–Trinajstić information content (AvgIpc) is 2.44. The van der Waals surface area contributed by atoms with E-state index < -0.39 is 0 Å². The van der Waals surface area contributed by atoms with Crippen molar-refractivity contribution in [1.29, 1.82) is 0 Å². The summed E-state index contributed by atoms with van der Waals surface area (Å²) < 4.78 is 5.86.